The Balaban J connectivity index is 1.34. The van der Waals surface area contributed by atoms with E-state index in [9.17, 15) is 0 Å². The summed E-state index contributed by atoms with van der Waals surface area (Å²) < 4.78 is 1.86. The Bertz CT molecular complexity index is 859. The zero-order valence-electron chi connectivity index (χ0n) is 19.8. The number of rotatable bonds is 13. The van der Waals surface area contributed by atoms with E-state index in [4.69, 9.17) is 5.10 Å². The Morgan fingerprint density at radius 3 is 2.55 bits per heavy atom. The molecule has 0 saturated heterocycles. The van der Waals surface area contributed by atoms with Crippen molar-refractivity contribution >= 4 is 12.5 Å². The smallest absolute Gasteiger partial charge is 0.152 e. The van der Waals surface area contributed by atoms with Crippen molar-refractivity contribution in [2.24, 2.45) is 27.2 Å². The molecule has 0 amide bonds. The van der Waals surface area contributed by atoms with Gasteiger partial charge in [-0.2, -0.15) is 5.10 Å². The van der Waals surface area contributed by atoms with E-state index < -0.39 is 0 Å². The van der Waals surface area contributed by atoms with Crippen molar-refractivity contribution in [1.82, 2.24) is 15.1 Å². The summed E-state index contributed by atoms with van der Waals surface area (Å²) in [7, 11) is 2.00. The highest BCUT2D eigenvalue weighted by molar-refractivity contribution is 5.53. The molecular formula is C27H40N4. The van der Waals surface area contributed by atoms with Gasteiger partial charge in [0.2, 0.25) is 0 Å². The lowest BCUT2D eigenvalue weighted by Gasteiger charge is -2.26. The van der Waals surface area contributed by atoms with Gasteiger partial charge in [0.05, 0.1) is 5.69 Å². The fourth-order valence-electron chi connectivity index (χ4n) is 6.25. The second kappa shape index (κ2) is 8.54. The molecule has 4 rings (SSSR count). The fourth-order valence-corrected chi connectivity index (χ4v) is 6.25. The van der Waals surface area contributed by atoms with Crippen LogP contribution in [0.25, 0.3) is 5.82 Å². The summed E-state index contributed by atoms with van der Waals surface area (Å²) in [5, 5.41) is 8.01. The summed E-state index contributed by atoms with van der Waals surface area (Å²) in [5.74, 6) is 1.79. The Hall–Kier alpha value is -1.94. The molecule has 1 heterocycles. The van der Waals surface area contributed by atoms with Gasteiger partial charge >= 0.3 is 0 Å². The summed E-state index contributed by atoms with van der Waals surface area (Å²) in [6.07, 6.45) is 20.1. The van der Waals surface area contributed by atoms with Crippen molar-refractivity contribution in [2.45, 2.75) is 71.6 Å². The largest absolute Gasteiger partial charge is 0.320 e. The average molecular weight is 421 g/mol. The van der Waals surface area contributed by atoms with E-state index >= 15 is 0 Å². The van der Waals surface area contributed by atoms with Crippen LogP contribution in [0, 0.1) is 22.2 Å². The third-order valence-corrected chi connectivity index (χ3v) is 8.43. The van der Waals surface area contributed by atoms with Crippen molar-refractivity contribution in [3.63, 3.8) is 0 Å². The van der Waals surface area contributed by atoms with Gasteiger partial charge in [0.15, 0.2) is 5.82 Å². The second-order valence-corrected chi connectivity index (χ2v) is 10.6. The summed E-state index contributed by atoms with van der Waals surface area (Å²) in [6.45, 7) is 13.4. The SMILES string of the molecule is C=C/C(=C/C=C(\N=C)n1ccc(CCCC2C3(CC3)C23CC3)n1)C(C)(C)CCCNC. The second-order valence-electron chi connectivity index (χ2n) is 10.6. The predicted molar refractivity (Wildman–Crippen MR) is 131 cm³/mol. The highest BCUT2D eigenvalue weighted by Gasteiger charge is 2.85. The van der Waals surface area contributed by atoms with Crippen LogP contribution in [0.3, 0.4) is 0 Å². The van der Waals surface area contributed by atoms with Crippen LogP contribution in [0.15, 0.2) is 47.6 Å². The lowest BCUT2D eigenvalue weighted by atomic mass is 9.79. The molecule has 0 radical (unpaired) electrons. The van der Waals surface area contributed by atoms with Gasteiger partial charge in [-0.3, -0.25) is 0 Å². The lowest BCUT2D eigenvalue weighted by molar-refractivity contribution is 0.400. The van der Waals surface area contributed by atoms with Gasteiger partial charge in [0.25, 0.3) is 0 Å². The van der Waals surface area contributed by atoms with Crippen molar-refractivity contribution in [1.29, 1.82) is 0 Å². The number of hydrogen-bond acceptors (Lipinski definition) is 3. The highest BCUT2D eigenvalue weighted by Crippen LogP contribution is 2.93. The van der Waals surface area contributed by atoms with Crippen LogP contribution in [0.2, 0.25) is 0 Å². The number of aromatic nitrogens is 2. The fraction of sp³-hybridized carbons (Fsp3) is 0.630. The maximum Gasteiger partial charge on any atom is 0.152 e. The summed E-state index contributed by atoms with van der Waals surface area (Å²) in [4.78, 5) is 4.23. The molecule has 0 unspecified atom stereocenters. The van der Waals surface area contributed by atoms with E-state index in [1.54, 1.807) is 0 Å². The Labute approximate surface area is 188 Å². The molecule has 1 aromatic heterocycles. The first-order chi connectivity index (χ1) is 14.9. The van der Waals surface area contributed by atoms with Crippen molar-refractivity contribution < 1.29 is 0 Å². The van der Waals surface area contributed by atoms with Gasteiger partial charge < -0.3 is 5.32 Å². The molecule has 4 heteroatoms. The monoisotopic (exact) mass is 420 g/mol. The Morgan fingerprint density at radius 2 is 1.97 bits per heavy atom. The molecule has 1 aromatic rings. The zero-order valence-corrected chi connectivity index (χ0v) is 19.8. The molecule has 3 saturated carbocycles. The van der Waals surface area contributed by atoms with E-state index in [1.807, 2.05) is 30.1 Å². The summed E-state index contributed by atoms with van der Waals surface area (Å²) in [6, 6.07) is 2.13. The standard InChI is InChI=1S/C27H40N4/c1-6-21(25(2,3)14-8-19-28-4)11-12-24(29-5)31-20-13-22(30-31)9-7-10-23-26(15-16-26)27(23)17-18-27/h6,11-13,20,23,28H,1,5,7-10,14-19H2,2-4H3/b21-11-,24-12+. The third-order valence-electron chi connectivity index (χ3n) is 8.43. The van der Waals surface area contributed by atoms with Crippen molar-refractivity contribution in [3.8, 4) is 0 Å². The number of aliphatic imine (C=N–C) groups is 1. The molecule has 1 N–H and O–H groups in total. The Morgan fingerprint density at radius 1 is 1.26 bits per heavy atom. The van der Waals surface area contributed by atoms with Crippen LogP contribution >= 0.6 is 0 Å². The number of allylic oxidation sites excluding steroid dienone is 4. The highest BCUT2D eigenvalue weighted by atomic mass is 15.3. The van der Waals surface area contributed by atoms with Gasteiger partial charge in [0, 0.05) is 6.20 Å². The molecule has 0 aliphatic heterocycles. The van der Waals surface area contributed by atoms with Gasteiger partial charge in [-0.15, -0.1) is 0 Å². The van der Waals surface area contributed by atoms with Crippen LogP contribution in [-0.2, 0) is 6.42 Å². The normalized spacial score (nSPS) is 21.5. The van der Waals surface area contributed by atoms with Crippen molar-refractivity contribution in [3.05, 3.63) is 48.3 Å². The number of hydrogen-bond donors (Lipinski definition) is 1. The molecule has 3 fully saturated rings. The van der Waals surface area contributed by atoms with Gasteiger partial charge in [-0.1, -0.05) is 32.6 Å². The molecule has 168 valence electrons. The van der Waals surface area contributed by atoms with Gasteiger partial charge in [-0.05, 0) is 118 Å². The van der Waals surface area contributed by atoms with Crippen LogP contribution in [0.4, 0.5) is 0 Å². The van der Waals surface area contributed by atoms with Crippen LogP contribution in [0.1, 0.15) is 70.9 Å². The molecule has 0 aromatic carbocycles. The van der Waals surface area contributed by atoms with Gasteiger partial charge in [-0.25, -0.2) is 9.67 Å². The number of nitrogens with zero attached hydrogens (tertiary/aromatic N) is 3. The van der Waals surface area contributed by atoms with Crippen LogP contribution < -0.4 is 5.32 Å². The van der Waals surface area contributed by atoms with Crippen LogP contribution in [-0.4, -0.2) is 30.1 Å². The molecule has 31 heavy (non-hydrogen) atoms. The minimum atomic E-state index is 0.0668. The maximum absolute atomic E-state index is 4.78. The van der Waals surface area contributed by atoms with E-state index in [1.165, 1.54) is 44.1 Å². The molecule has 2 spiro atoms. The van der Waals surface area contributed by atoms with Gasteiger partial charge in [0.1, 0.15) is 0 Å². The zero-order chi connectivity index (χ0) is 22.1. The third kappa shape index (κ3) is 4.24. The topological polar surface area (TPSA) is 42.2 Å². The molecule has 3 aliphatic rings. The van der Waals surface area contributed by atoms with E-state index in [0.717, 1.165) is 54.1 Å². The summed E-state index contributed by atoms with van der Waals surface area (Å²) >= 11 is 0. The first-order valence-electron chi connectivity index (χ1n) is 12.1. The minimum absolute atomic E-state index is 0.0668. The molecule has 0 bridgehead atoms. The number of nitrogens with one attached hydrogen (secondary N) is 1. The quantitative estimate of drug-likeness (QED) is 0.240. The van der Waals surface area contributed by atoms with E-state index in [0.29, 0.717) is 0 Å². The molecule has 3 aliphatic carbocycles. The minimum Gasteiger partial charge on any atom is -0.320 e. The Kier molecular flexibility index (Phi) is 6.13. The first kappa shape index (κ1) is 22.3. The average Bonchev–Trinajstić information content (AvgIpc) is 3.70. The molecule has 0 atom stereocenters. The van der Waals surface area contributed by atoms with E-state index in [2.05, 4.69) is 49.6 Å². The first-order valence-corrected chi connectivity index (χ1v) is 12.1. The van der Waals surface area contributed by atoms with Crippen molar-refractivity contribution in [2.75, 3.05) is 13.6 Å². The number of aryl methyl sites for hydroxylation is 1. The predicted octanol–water partition coefficient (Wildman–Crippen LogP) is 6.03. The van der Waals surface area contributed by atoms with Crippen LogP contribution in [0.5, 0.6) is 0 Å². The molecule has 4 nitrogen and oxygen atoms in total. The lowest BCUT2D eigenvalue weighted by Crippen LogP contribution is -2.17. The summed E-state index contributed by atoms with van der Waals surface area (Å²) in [5.41, 5.74) is 4.09. The number of fused-ring (bicyclic) bond motifs is 1. The molecular weight excluding hydrogens is 380 g/mol. The maximum atomic E-state index is 4.78. The van der Waals surface area contributed by atoms with E-state index in [-0.39, 0.29) is 5.41 Å².